The Morgan fingerprint density at radius 3 is 2.91 bits per heavy atom. The van der Waals surface area contributed by atoms with Crippen LogP contribution in [0.5, 0.6) is 0 Å². The number of rotatable bonds is 6. The Labute approximate surface area is 142 Å². The van der Waals surface area contributed by atoms with Crippen LogP contribution in [0.1, 0.15) is 11.3 Å². The van der Waals surface area contributed by atoms with Gasteiger partial charge in [0.15, 0.2) is 0 Å². The van der Waals surface area contributed by atoms with Crippen molar-refractivity contribution in [2.24, 2.45) is 0 Å². The van der Waals surface area contributed by atoms with Gasteiger partial charge >= 0.3 is 0 Å². The monoisotopic (exact) mass is 368 g/mol. The summed E-state index contributed by atoms with van der Waals surface area (Å²) in [6, 6.07) is 8.69. The smallest absolute Gasteiger partial charge is 0.216 e. The van der Waals surface area contributed by atoms with Crippen molar-refractivity contribution in [1.29, 1.82) is 0 Å². The van der Waals surface area contributed by atoms with Crippen LogP contribution in [0.4, 0.5) is 0 Å². The van der Waals surface area contributed by atoms with Gasteiger partial charge < -0.3 is 0 Å². The standard InChI is InChI=1S/C14H13ClN4O2S2/c15-12-3-1-2-11(6-12)10-23(20,21)16-7-13-8-19(18-17-13)14-4-5-22-9-14/h1-6,8-9,16H,7,10H2. The molecule has 0 aliphatic carbocycles. The summed E-state index contributed by atoms with van der Waals surface area (Å²) in [6.07, 6.45) is 1.70. The molecule has 0 unspecified atom stereocenters. The fourth-order valence-electron chi connectivity index (χ4n) is 1.97. The summed E-state index contributed by atoms with van der Waals surface area (Å²) in [6.45, 7) is 0.0903. The maximum atomic E-state index is 12.1. The van der Waals surface area contributed by atoms with Gasteiger partial charge in [-0.2, -0.15) is 11.3 Å². The van der Waals surface area contributed by atoms with Crippen LogP contribution >= 0.6 is 22.9 Å². The predicted octanol–water partition coefficient (Wildman–Crippen LogP) is 2.60. The van der Waals surface area contributed by atoms with Gasteiger partial charge in [0.25, 0.3) is 0 Å². The lowest BCUT2D eigenvalue weighted by atomic mass is 10.2. The number of benzene rings is 1. The Morgan fingerprint density at radius 2 is 2.17 bits per heavy atom. The maximum absolute atomic E-state index is 12.1. The van der Waals surface area contributed by atoms with Gasteiger partial charge in [0, 0.05) is 10.4 Å². The van der Waals surface area contributed by atoms with Crippen LogP contribution in [0.15, 0.2) is 47.3 Å². The lowest BCUT2D eigenvalue weighted by molar-refractivity contribution is 0.579. The van der Waals surface area contributed by atoms with E-state index in [1.807, 2.05) is 16.8 Å². The SMILES string of the molecule is O=S(=O)(Cc1cccc(Cl)c1)NCc1cn(-c2ccsc2)nn1. The summed E-state index contributed by atoms with van der Waals surface area (Å²) in [5.74, 6) is -0.133. The Morgan fingerprint density at radius 1 is 1.30 bits per heavy atom. The molecule has 2 heterocycles. The highest BCUT2D eigenvalue weighted by Crippen LogP contribution is 2.13. The lowest BCUT2D eigenvalue weighted by Crippen LogP contribution is -2.24. The van der Waals surface area contributed by atoms with Crippen LogP contribution in [-0.4, -0.2) is 23.4 Å². The second-order valence-electron chi connectivity index (χ2n) is 4.85. The number of halogens is 1. The van der Waals surface area contributed by atoms with E-state index < -0.39 is 10.0 Å². The number of hydrogen-bond acceptors (Lipinski definition) is 5. The van der Waals surface area contributed by atoms with Crippen LogP contribution in [-0.2, 0) is 22.3 Å². The van der Waals surface area contributed by atoms with E-state index in [0.29, 0.717) is 16.3 Å². The molecule has 3 aromatic rings. The van der Waals surface area contributed by atoms with Crippen LogP contribution in [0.3, 0.4) is 0 Å². The molecule has 1 aromatic carbocycles. The summed E-state index contributed by atoms with van der Waals surface area (Å²) < 4.78 is 28.4. The average Bonchev–Trinajstić information content (AvgIpc) is 3.16. The Bertz CT molecular complexity index is 891. The molecule has 6 nitrogen and oxygen atoms in total. The third kappa shape index (κ3) is 4.38. The molecule has 9 heteroatoms. The third-order valence-electron chi connectivity index (χ3n) is 3.03. The number of nitrogens with one attached hydrogen (secondary N) is 1. The van der Waals surface area contributed by atoms with Crippen molar-refractivity contribution in [3.63, 3.8) is 0 Å². The average molecular weight is 369 g/mol. The van der Waals surface area contributed by atoms with Gasteiger partial charge in [-0.25, -0.2) is 17.8 Å². The minimum absolute atomic E-state index is 0.0903. The summed E-state index contributed by atoms with van der Waals surface area (Å²) >= 11 is 7.42. The molecule has 2 aromatic heterocycles. The fraction of sp³-hybridized carbons (Fsp3) is 0.143. The first-order chi connectivity index (χ1) is 11.0. The molecule has 0 bridgehead atoms. The quantitative estimate of drug-likeness (QED) is 0.725. The van der Waals surface area contributed by atoms with Gasteiger partial charge in [0.2, 0.25) is 10.0 Å². The number of thiophene rings is 1. The summed E-state index contributed by atoms with van der Waals surface area (Å²) in [4.78, 5) is 0. The molecule has 0 spiro atoms. The molecule has 0 fully saturated rings. The molecule has 0 radical (unpaired) electrons. The minimum atomic E-state index is -3.48. The van der Waals surface area contributed by atoms with E-state index in [-0.39, 0.29) is 12.3 Å². The molecule has 120 valence electrons. The molecular formula is C14H13ClN4O2S2. The summed E-state index contributed by atoms with van der Waals surface area (Å²) in [5, 5.41) is 12.3. The maximum Gasteiger partial charge on any atom is 0.216 e. The number of nitrogens with zero attached hydrogens (tertiary/aromatic N) is 3. The van der Waals surface area contributed by atoms with E-state index in [0.717, 1.165) is 5.69 Å². The molecule has 0 amide bonds. The number of hydrogen-bond donors (Lipinski definition) is 1. The summed E-state index contributed by atoms with van der Waals surface area (Å²) in [5.41, 5.74) is 2.08. The number of sulfonamides is 1. The third-order valence-corrected chi connectivity index (χ3v) is 5.23. The molecule has 0 atom stereocenters. The second kappa shape index (κ2) is 6.79. The Kier molecular flexibility index (Phi) is 4.76. The molecular weight excluding hydrogens is 356 g/mol. The number of aromatic nitrogens is 3. The molecule has 0 aliphatic rings. The second-order valence-corrected chi connectivity index (χ2v) is 7.87. The molecule has 0 saturated carbocycles. The van der Waals surface area contributed by atoms with Crippen molar-refractivity contribution in [2.45, 2.75) is 12.3 Å². The predicted molar refractivity (Wildman–Crippen MR) is 90.2 cm³/mol. The first-order valence-electron chi connectivity index (χ1n) is 6.67. The van der Waals surface area contributed by atoms with Crippen molar-refractivity contribution in [3.8, 4) is 5.69 Å². The highest BCUT2D eigenvalue weighted by Gasteiger charge is 2.13. The highest BCUT2D eigenvalue weighted by atomic mass is 35.5. The van der Waals surface area contributed by atoms with Crippen LogP contribution in [0, 0.1) is 0 Å². The zero-order chi connectivity index (χ0) is 16.3. The zero-order valence-corrected chi connectivity index (χ0v) is 14.3. The fourth-order valence-corrected chi connectivity index (χ4v) is 3.90. The van der Waals surface area contributed by atoms with Crippen molar-refractivity contribution in [3.05, 3.63) is 63.6 Å². The van der Waals surface area contributed by atoms with Crippen LogP contribution < -0.4 is 4.72 Å². The van der Waals surface area contributed by atoms with Crippen molar-refractivity contribution in [2.75, 3.05) is 0 Å². The van der Waals surface area contributed by atoms with Gasteiger partial charge in [-0.3, -0.25) is 0 Å². The topological polar surface area (TPSA) is 76.9 Å². The van der Waals surface area contributed by atoms with E-state index in [9.17, 15) is 8.42 Å². The van der Waals surface area contributed by atoms with Crippen LogP contribution in [0.25, 0.3) is 5.69 Å². The molecule has 0 saturated heterocycles. The van der Waals surface area contributed by atoms with E-state index in [2.05, 4.69) is 15.0 Å². The van der Waals surface area contributed by atoms with Crippen molar-refractivity contribution in [1.82, 2.24) is 19.7 Å². The van der Waals surface area contributed by atoms with Gasteiger partial charge in [-0.15, -0.1) is 5.10 Å². The van der Waals surface area contributed by atoms with Gasteiger partial charge in [-0.05, 0) is 29.1 Å². The van der Waals surface area contributed by atoms with E-state index in [1.165, 1.54) is 0 Å². The molecule has 3 rings (SSSR count). The lowest BCUT2D eigenvalue weighted by Gasteiger charge is -2.05. The van der Waals surface area contributed by atoms with E-state index >= 15 is 0 Å². The van der Waals surface area contributed by atoms with E-state index in [1.54, 1.807) is 46.5 Å². The zero-order valence-electron chi connectivity index (χ0n) is 11.9. The van der Waals surface area contributed by atoms with Gasteiger partial charge in [0.1, 0.15) is 0 Å². The van der Waals surface area contributed by atoms with Crippen LogP contribution in [0.2, 0.25) is 5.02 Å². The Hall–Kier alpha value is -1.74. The summed E-state index contributed by atoms with van der Waals surface area (Å²) in [7, 11) is -3.48. The van der Waals surface area contributed by atoms with Gasteiger partial charge in [0.05, 0.1) is 29.9 Å². The minimum Gasteiger partial charge on any atom is -0.220 e. The molecule has 0 aliphatic heterocycles. The largest absolute Gasteiger partial charge is 0.220 e. The first kappa shape index (κ1) is 16.1. The van der Waals surface area contributed by atoms with E-state index in [4.69, 9.17) is 11.6 Å². The molecule has 1 N–H and O–H groups in total. The highest BCUT2D eigenvalue weighted by molar-refractivity contribution is 7.88. The van der Waals surface area contributed by atoms with Gasteiger partial charge in [-0.1, -0.05) is 28.9 Å². The van der Waals surface area contributed by atoms with Crippen molar-refractivity contribution >= 4 is 33.0 Å². The first-order valence-corrected chi connectivity index (χ1v) is 9.65. The van der Waals surface area contributed by atoms with Crippen molar-refractivity contribution < 1.29 is 8.42 Å². The Balaban J connectivity index is 1.63. The normalized spacial score (nSPS) is 11.7. The molecule has 23 heavy (non-hydrogen) atoms.